The molecule has 0 N–H and O–H groups in total. The second-order valence-electron chi connectivity index (χ2n) is 3.65. The number of benzene rings is 1. The van der Waals surface area contributed by atoms with Crippen molar-refractivity contribution in [3.05, 3.63) is 34.3 Å². The Kier molecular flexibility index (Phi) is 4.87. The number of para-hydroxylation sites is 1. The van der Waals surface area contributed by atoms with Gasteiger partial charge in [0.1, 0.15) is 11.6 Å². The van der Waals surface area contributed by atoms with Crippen molar-refractivity contribution in [1.82, 2.24) is 4.98 Å². The predicted octanol–water partition coefficient (Wildman–Crippen LogP) is 3.48. The van der Waals surface area contributed by atoms with Crippen LogP contribution in [0.15, 0.2) is 23.6 Å². The third-order valence-corrected chi connectivity index (χ3v) is 3.60. The standard InChI is InChI=1S/C13H14ClNO3S/c1-16-10-4-3-5-11(17-2)13(10)18-7-12-15-9(6-14)8-19-12/h3-5,8H,6-7H2,1-2H3. The van der Waals surface area contributed by atoms with E-state index in [4.69, 9.17) is 25.8 Å². The monoisotopic (exact) mass is 299 g/mol. The number of nitrogens with zero attached hydrogens (tertiary/aromatic N) is 1. The molecule has 0 fully saturated rings. The van der Waals surface area contributed by atoms with Gasteiger partial charge in [0.2, 0.25) is 5.75 Å². The molecular weight excluding hydrogens is 286 g/mol. The number of rotatable bonds is 6. The fraction of sp³-hybridized carbons (Fsp3) is 0.308. The first-order valence-electron chi connectivity index (χ1n) is 5.61. The summed E-state index contributed by atoms with van der Waals surface area (Å²) in [6.07, 6.45) is 0. The van der Waals surface area contributed by atoms with Gasteiger partial charge in [-0.15, -0.1) is 22.9 Å². The summed E-state index contributed by atoms with van der Waals surface area (Å²) >= 11 is 7.23. The fourth-order valence-corrected chi connectivity index (χ4v) is 2.50. The van der Waals surface area contributed by atoms with Gasteiger partial charge in [0.25, 0.3) is 0 Å². The molecule has 19 heavy (non-hydrogen) atoms. The molecule has 0 radical (unpaired) electrons. The summed E-state index contributed by atoms with van der Waals surface area (Å²) in [6, 6.07) is 5.49. The third kappa shape index (κ3) is 3.30. The van der Waals surface area contributed by atoms with Crippen LogP contribution in [-0.2, 0) is 12.5 Å². The van der Waals surface area contributed by atoms with Crippen molar-refractivity contribution in [3.63, 3.8) is 0 Å². The lowest BCUT2D eigenvalue weighted by molar-refractivity contribution is 0.265. The van der Waals surface area contributed by atoms with Gasteiger partial charge < -0.3 is 14.2 Å². The SMILES string of the molecule is COc1cccc(OC)c1OCc1nc(CCl)cs1. The van der Waals surface area contributed by atoms with Crippen LogP contribution in [0.25, 0.3) is 0 Å². The van der Waals surface area contributed by atoms with Crippen molar-refractivity contribution in [2.24, 2.45) is 0 Å². The molecule has 0 aliphatic heterocycles. The Labute approximate surface area is 120 Å². The summed E-state index contributed by atoms with van der Waals surface area (Å²) in [6.45, 7) is 0.359. The maximum atomic E-state index is 5.75. The molecule has 0 aliphatic rings. The topological polar surface area (TPSA) is 40.6 Å². The molecule has 0 bridgehead atoms. The van der Waals surface area contributed by atoms with E-state index in [2.05, 4.69) is 4.98 Å². The zero-order chi connectivity index (χ0) is 13.7. The van der Waals surface area contributed by atoms with Crippen LogP contribution in [0.5, 0.6) is 17.2 Å². The van der Waals surface area contributed by atoms with Crippen molar-refractivity contribution in [1.29, 1.82) is 0 Å². The zero-order valence-electron chi connectivity index (χ0n) is 10.7. The maximum absolute atomic E-state index is 5.75. The summed E-state index contributed by atoms with van der Waals surface area (Å²) in [5, 5.41) is 2.79. The van der Waals surface area contributed by atoms with Gasteiger partial charge in [-0.3, -0.25) is 0 Å². The Morgan fingerprint density at radius 1 is 1.21 bits per heavy atom. The van der Waals surface area contributed by atoms with E-state index in [9.17, 15) is 0 Å². The number of halogens is 1. The van der Waals surface area contributed by atoms with Crippen LogP contribution in [0.3, 0.4) is 0 Å². The third-order valence-electron chi connectivity index (χ3n) is 2.46. The highest BCUT2D eigenvalue weighted by molar-refractivity contribution is 7.09. The molecule has 1 aromatic heterocycles. The summed E-state index contributed by atoms with van der Waals surface area (Å²) in [4.78, 5) is 4.33. The number of thiazole rings is 1. The fourth-order valence-electron chi connectivity index (χ4n) is 1.57. The highest BCUT2D eigenvalue weighted by Gasteiger charge is 2.12. The average molecular weight is 300 g/mol. The lowest BCUT2D eigenvalue weighted by Crippen LogP contribution is -1.99. The van der Waals surface area contributed by atoms with Crippen LogP contribution >= 0.6 is 22.9 Å². The molecule has 0 spiro atoms. The Bertz CT molecular complexity index is 522. The number of methoxy groups -OCH3 is 2. The first-order chi connectivity index (χ1) is 9.28. The van der Waals surface area contributed by atoms with Crippen molar-refractivity contribution < 1.29 is 14.2 Å². The van der Waals surface area contributed by atoms with E-state index in [0.717, 1.165) is 10.7 Å². The van der Waals surface area contributed by atoms with E-state index in [-0.39, 0.29) is 0 Å². The molecule has 0 aliphatic carbocycles. The summed E-state index contributed by atoms with van der Waals surface area (Å²) in [5.41, 5.74) is 0.859. The van der Waals surface area contributed by atoms with E-state index in [1.54, 1.807) is 14.2 Å². The van der Waals surface area contributed by atoms with E-state index < -0.39 is 0 Å². The van der Waals surface area contributed by atoms with Gasteiger partial charge in [0, 0.05) is 5.38 Å². The molecule has 1 heterocycles. The minimum absolute atomic E-state index is 0.359. The normalized spacial score (nSPS) is 10.3. The summed E-state index contributed by atoms with van der Waals surface area (Å²) in [5.74, 6) is 2.26. The number of hydrogen-bond donors (Lipinski definition) is 0. The molecule has 0 amide bonds. The minimum atomic E-state index is 0.359. The Morgan fingerprint density at radius 3 is 2.42 bits per heavy atom. The van der Waals surface area contributed by atoms with Gasteiger partial charge in [0.15, 0.2) is 11.5 Å². The van der Waals surface area contributed by atoms with Gasteiger partial charge >= 0.3 is 0 Å². The average Bonchev–Trinajstić information content (AvgIpc) is 2.92. The van der Waals surface area contributed by atoms with Crippen molar-refractivity contribution >= 4 is 22.9 Å². The lowest BCUT2D eigenvalue weighted by atomic mass is 10.3. The lowest BCUT2D eigenvalue weighted by Gasteiger charge is -2.13. The summed E-state index contributed by atoms with van der Waals surface area (Å²) in [7, 11) is 3.19. The summed E-state index contributed by atoms with van der Waals surface area (Å²) < 4.78 is 16.3. The van der Waals surface area contributed by atoms with Gasteiger partial charge in [-0.1, -0.05) is 6.07 Å². The molecule has 0 unspecified atom stereocenters. The second-order valence-corrected chi connectivity index (χ2v) is 4.86. The van der Waals surface area contributed by atoms with E-state index in [0.29, 0.717) is 29.7 Å². The largest absolute Gasteiger partial charge is 0.493 e. The highest BCUT2D eigenvalue weighted by atomic mass is 35.5. The molecule has 4 nitrogen and oxygen atoms in total. The predicted molar refractivity (Wildman–Crippen MR) is 75.5 cm³/mol. The van der Waals surface area contributed by atoms with E-state index >= 15 is 0 Å². The molecule has 2 rings (SSSR count). The molecule has 2 aromatic rings. The van der Waals surface area contributed by atoms with Crippen LogP contribution in [0, 0.1) is 0 Å². The Balaban J connectivity index is 2.13. The van der Waals surface area contributed by atoms with Crippen molar-refractivity contribution in [3.8, 4) is 17.2 Å². The number of hydrogen-bond acceptors (Lipinski definition) is 5. The quantitative estimate of drug-likeness (QED) is 0.766. The van der Waals surface area contributed by atoms with Gasteiger partial charge in [-0.25, -0.2) is 4.98 Å². The molecular formula is C13H14ClNO3S. The van der Waals surface area contributed by atoms with Crippen LogP contribution in [-0.4, -0.2) is 19.2 Å². The van der Waals surface area contributed by atoms with Crippen molar-refractivity contribution in [2.75, 3.05) is 14.2 Å². The van der Waals surface area contributed by atoms with E-state index in [1.807, 2.05) is 23.6 Å². The first kappa shape index (κ1) is 14.0. The van der Waals surface area contributed by atoms with Crippen LogP contribution in [0.1, 0.15) is 10.7 Å². The Hall–Kier alpha value is -1.46. The van der Waals surface area contributed by atoms with Gasteiger partial charge in [-0.05, 0) is 12.1 Å². The van der Waals surface area contributed by atoms with Gasteiger partial charge in [-0.2, -0.15) is 0 Å². The van der Waals surface area contributed by atoms with Gasteiger partial charge in [0.05, 0.1) is 25.8 Å². The van der Waals surface area contributed by atoms with Crippen LogP contribution < -0.4 is 14.2 Å². The first-order valence-corrected chi connectivity index (χ1v) is 7.03. The molecule has 0 saturated heterocycles. The van der Waals surface area contributed by atoms with E-state index in [1.165, 1.54) is 11.3 Å². The van der Waals surface area contributed by atoms with Crippen molar-refractivity contribution in [2.45, 2.75) is 12.5 Å². The molecule has 0 atom stereocenters. The zero-order valence-corrected chi connectivity index (χ0v) is 12.3. The molecule has 1 aromatic carbocycles. The van der Waals surface area contributed by atoms with Crippen LogP contribution in [0.2, 0.25) is 0 Å². The molecule has 6 heteroatoms. The molecule has 0 saturated carbocycles. The molecule has 102 valence electrons. The number of ether oxygens (including phenoxy) is 3. The maximum Gasteiger partial charge on any atom is 0.203 e. The second kappa shape index (κ2) is 6.63. The number of alkyl halides is 1. The Morgan fingerprint density at radius 2 is 1.89 bits per heavy atom. The minimum Gasteiger partial charge on any atom is -0.493 e. The highest BCUT2D eigenvalue weighted by Crippen LogP contribution is 2.37. The van der Waals surface area contributed by atoms with Crippen LogP contribution in [0.4, 0.5) is 0 Å². The smallest absolute Gasteiger partial charge is 0.203 e. The number of aromatic nitrogens is 1.